The molecule has 10 heteroatoms. The third-order valence-corrected chi connectivity index (χ3v) is 6.11. The Bertz CT molecular complexity index is 1400. The largest absolute Gasteiger partial charge is 0.495 e. The quantitative estimate of drug-likeness (QED) is 0.407. The number of anilines is 1. The van der Waals surface area contributed by atoms with Gasteiger partial charge in [0.1, 0.15) is 10.6 Å². The van der Waals surface area contributed by atoms with E-state index in [0.29, 0.717) is 11.5 Å². The van der Waals surface area contributed by atoms with Gasteiger partial charge < -0.3 is 13.9 Å². The number of nitrogens with zero attached hydrogens (tertiary/aromatic N) is 2. The lowest BCUT2D eigenvalue weighted by atomic mass is 10.2. The molecule has 0 unspecified atom stereocenters. The number of rotatable bonds is 7. The molecule has 0 saturated heterocycles. The number of hydrogen-bond donors (Lipinski definition) is 1. The first-order valence-corrected chi connectivity index (χ1v) is 11.2. The van der Waals surface area contributed by atoms with E-state index < -0.39 is 16.0 Å². The van der Waals surface area contributed by atoms with Crippen LogP contribution in [0, 0.1) is 0 Å². The van der Waals surface area contributed by atoms with E-state index in [1.54, 1.807) is 18.2 Å². The zero-order valence-electron chi connectivity index (χ0n) is 17.7. The molecule has 1 heterocycles. The molecule has 33 heavy (non-hydrogen) atoms. The Morgan fingerprint density at radius 1 is 0.879 bits per heavy atom. The molecule has 0 atom stereocenters. The van der Waals surface area contributed by atoms with Crippen molar-refractivity contribution in [3.05, 3.63) is 78.4 Å². The fourth-order valence-corrected chi connectivity index (χ4v) is 4.39. The average Bonchev–Trinajstić information content (AvgIpc) is 3.34. The smallest absolute Gasteiger partial charge is 0.339 e. The molecule has 1 aromatic heterocycles. The summed E-state index contributed by atoms with van der Waals surface area (Å²) in [4.78, 5) is 11.9. The number of para-hydroxylation sites is 1. The average molecular weight is 465 g/mol. The van der Waals surface area contributed by atoms with Crippen molar-refractivity contribution in [1.82, 2.24) is 10.2 Å². The van der Waals surface area contributed by atoms with E-state index in [2.05, 4.69) is 14.9 Å². The van der Waals surface area contributed by atoms with Crippen LogP contribution in [0.25, 0.3) is 22.9 Å². The number of methoxy groups -OCH3 is 2. The highest BCUT2D eigenvalue weighted by molar-refractivity contribution is 7.92. The van der Waals surface area contributed by atoms with Crippen LogP contribution in [0.2, 0.25) is 0 Å². The Hall–Kier alpha value is -4.18. The van der Waals surface area contributed by atoms with Crippen LogP contribution in [0.4, 0.5) is 5.69 Å². The Morgan fingerprint density at radius 2 is 1.55 bits per heavy atom. The summed E-state index contributed by atoms with van der Waals surface area (Å²) >= 11 is 0. The fourth-order valence-electron chi connectivity index (χ4n) is 3.12. The number of ether oxygens (including phenoxy) is 2. The van der Waals surface area contributed by atoms with E-state index in [-0.39, 0.29) is 27.8 Å². The van der Waals surface area contributed by atoms with E-state index in [1.165, 1.54) is 38.5 Å². The number of sulfonamides is 1. The van der Waals surface area contributed by atoms with Gasteiger partial charge in [0.15, 0.2) is 0 Å². The van der Waals surface area contributed by atoms with Gasteiger partial charge in [-0.05, 0) is 42.5 Å². The summed E-state index contributed by atoms with van der Waals surface area (Å²) in [6, 6.07) is 19.8. The zero-order valence-corrected chi connectivity index (χ0v) is 18.5. The van der Waals surface area contributed by atoms with E-state index in [1.807, 2.05) is 30.3 Å². The topological polar surface area (TPSA) is 121 Å². The SMILES string of the molecule is COC(=O)c1ccccc1NS(=O)(=O)c1cc(-c2nnc(-c3ccccc3)o2)ccc1OC. The predicted molar refractivity (Wildman–Crippen MR) is 120 cm³/mol. The summed E-state index contributed by atoms with van der Waals surface area (Å²) < 4.78 is 44.6. The van der Waals surface area contributed by atoms with Crippen LogP contribution in [0.3, 0.4) is 0 Å². The molecule has 0 spiro atoms. The third-order valence-electron chi connectivity index (χ3n) is 4.72. The molecule has 0 bridgehead atoms. The Morgan fingerprint density at radius 3 is 2.24 bits per heavy atom. The summed E-state index contributed by atoms with van der Waals surface area (Å²) in [5.41, 5.74) is 1.26. The van der Waals surface area contributed by atoms with Crippen molar-refractivity contribution in [3.8, 4) is 28.7 Å². The molecule has 0 amide bonds. The molecular weight excluding hydrogens is 446 g/mol. The molecule has 0 fully saturated rings. The Kier molecular flexibility index (Phi) is 6.09. The maximum absolute atomic E-state index is 13.2. The minimum atomic E-state index is -4.17. The monoisotopic (exact) mass is 465 g/mol. The summed E-state index contributed by atoms with van der Waals surface area (Å²) in [7, 11) is -1.59. The summed E-state index contributed by atoms with van der Waals surface area (Å²) in [5, 5.41) is 8.08. The number of benzene rings is 3. The molecule has 0 radical (unpaired) electrons. The molecule has 168 valence electrons. The van der Waals surface area contributed by atoms with Crippen molar-refractivity contribution < 1.29 is 27.1 Å². The Balaban J connectivity index is 1.72. The lowest BCUT2D eigenvalue weighted by Gasteiger charge is -2.14. The first-order valence-electron chi connectivity index (χ1n) is 9.70. The van der Waals surface area contributed by atoms with E-state index in [9.17, 15) is 13.2 Å². The van der Waals surface area contributed by atoms with Crippen LogP contribution >= 0.6 is 0 Å². The van der Waals surface area contributed by atoms with E-state index in [4.69, 9.17) is 13.9 Å². The first kappa shape index (κ1) is 22.0. The molecule has 0 saturated carbocycles. The molecule has 0 aliphatic heterocycles. The van der Waals surface area contributed by atoms with Gasteiger partial charge in [0.25, 0.3) is 10.0 Å². The molecule has 1 N–H and O–H groups in total. The first-order chi connectivity index (χ1) is 15.9. The predicted octanol–water partition coefficient (Wildman–Crippen LogP) is 4.00. The highest BCUT2D eigenvalue weighted by Gasteiger charge is 2.24. The lowest BCUT2D eigenvalue weighted by molar-refractivity contribution is 0.0602. The molecule has 4 aromatic rings. The van der Waals surface area contributed by atoms with E-state index >= 15 is 0 Å². The zero-order chi connectivity index (χ0) is 23.4. The van der Waals surface area contributed by atoms with Gasteiger partial charge in [0, 0.05) is 11.1 Å². The minimum Gasteiger partial charge on any atom is -0.495 e. The second-order valence-corrected chi connectivity index (χ2v) is 8.44. The van der Waals surface area contributed by atoms with Crippen molar-refractivity contribution in [1.29, 1.82) is 0 Å². The lowest BCUT2D eigenvalue weighted by Crippen LogP contribution is -2.17. The van der Waals surface area contributed by atoms with Gasteiger partial charge in [-0.25, -0.2) is 13.2 Å². The molecule has 4 rings (SSSR count). The second-order valence-electron chi connectivity index (χ2n) is 6.79. The van der Waals surface area contributed by atoms with Crippen LogP contribution in [0.15, 0.2) is 82.1 Å². The highest BCUT2D eigenvalue weighted by Crippen LogP contribution is 2.32. The van der Waals surface area contributed by atoms with Gasteiger partial charge in [-0.2, -0.15) is 0 Å². The number of aromatic nitrogens is 2. The fraction of sp³-hybridized carbons (Fsp3) is 0.0870. The van der Waals surface area contributed by atoms with Gasteiger partial charge in [0.2, 0.25) is 11.8 Å². The molecular formula is C23H19N3O6S. The van der Waals surface area contributed by atoms with Crippen molar-refractivity contribution in [3.63, 3.8) is 0 Å². The van der Waals surface area contributed by atoms with Crippen molar-refractivity contribution >= 4 is 21.7 Å². The molecule has 0 aliphatic carbocycles. The van der Waals surface area contributed by atoms with Crippen LogP contribution in [-0.4, -0.2) is 38.8 Å². The van der Waals surface area contributed by atoms with Gasteiger partial charge in [-0.3, -0.25) is 4.72 Å². The molecule has 9 nitrogen and oxygen atoms in total. The number of carbonyl (C=O) groups is 1. The second kappa shape index (κ2) is 9.13. The van der Waals surface area contributed by atoms with E-state index in [0.717, 1.165) is 5.56 Å². The van der Waals surface area contributed by atoms with Crippen molar-refractivity contribution in [2.75, 3.05) is 18.9 Å². The van der Waals surface area contributed by atoms with Crippen molar-refractivity contribution in [2.24, 2.45) is 0 Å². The van der Waals surface area contributed by atoms with Crippen LogP contribution in [0.1, 0.15) is 10.4 Å². The molecule has 3 aromatic carbocycles. The third kappa shape index (κ3) is 4.55. The van der Waals surface area contributed by atoms with Gasteiger partial charge >= 0.3 is 5.97 Å². The normalized spacial score (nSPS) is 11.1. The van der Waals surface area contributed by atoms with Gasteiger partial charge in [-0.15, -0.1) is 10.2 Å². The number of carbonyl (C=O) groups excluding carboxylic acids is 1. The number of esters is 1. The van der Waals surface area contributed by atoms with Crippen LogP contribution < -0.4 is 9.46 Å². The number of nitrogens with one attached hydrogen (secondary N) is 1. The van der Waals surface area contributed by atoms with Gasteiger partial charge in [-0.1, -0.05) is 30.3 Å². The van der Waals surface area contributed by atoms with Crippen LogP contribution in [0.5, 0.6) is 5.75 Å². The highest BCUT2D eigenvalue weighted by atomic mass is 32.2. The summed E-state index contributed by atoms with van der Waals surface area (Å²) in [5.74, 6) is -0.128. The number of hydrogen-bond acceptors (Lipinski definition) is 8. The summed E-state index contributed by atoms with van der Waals surface area (Å²) in [6.07, 6.45) is 0. The standard InChI is InChI=1S/C23H19N3O6S/c1-30-19-13-12-16(22-25-24-21(32-22)15-8-4-3-5-9-15)14-20(19)33(28,29)26-18-11-7-6-10-17(18)23(27)31-2/h3-14,26H,1-2H3. The molecule has 0 aliphatic rings. The van der Waals surface area contributed by atoms with Crippen LogP contribution in [-0.2, 0) is 14.8 Å². The maximum atomic E-state index is 13.2. The summed E-state index contributed by atoms with van der Waals surface area (Å²) in [6.45, 7) is 0. The maximum Gasteiger partial charge on any atom is 0.339 e. The Labute approximate surface area is 190 Å². The van der Waals surface area contributed by atoms with Gasteiger partial charge in [0.05, 0.1) is 25.5 Å². The van der Waals surface area contributed by atoms with Crippen molar-refractivity contribution in [2.45, 2.75) is 4.90 Å². The minimum absolute atomic E-state index is 0.0703.